The first-order valence-electron chi connectivity index (χ1n) is 15.6. The van der Waals surface area contributed by atoms with Crippen LogP contribution in [-0.4, -0.2) is 41.6 Å². The Morgan fingerprint density at radius 1 is 1.00 bits per heavy atom. The van der Waals surface area contributed by atoms with Crippen molar-refractivity contribution in [2.24, 2.45) is 11.3 Å². The second-order valence-electron chi connectivity index (χ2n) is 13.3. The number of pyridine rings is 1. The quantitative estimate of drug-likeness (QED) is 0.232. The van der Waals surface area contributed by atoms with E-state index in [-0.39, 0.29) is 29.6 Å². The summed E-state index contributed by atoms with van der Waals surface area (Å²) in [7, 11) is 1.52. The number of hydrogen-bond acceptors (Lipinski definition) is 6. The lowest BCUT2D eigenvalue weighted by Gasteiger charge is -2.41. The van der Waals surface area contributed by atoms with Crippen molar-refractivity contribution in [2.45, 2.75) is 72.0 Å². The molecule has 2 aliphatic rings. The first-order chi connectivity index (χ1) is 22.7. The summed E-state index contributed by atoms with van der Waals surface area (Å²) in [5.74, 6) is -0.970. The molecule has 3 aromatic rings. The molecule has 1 aliphatic carbocycles. The smallest absolute Gasteiger partial charge is 0.416 e. The van der Waals surface area contributed by atoms with Crippen LogP contribution in [0.4, 0.5) is 31.1 Å². The number of nitrogens with zero attached hydrogens (tertiary/aromatic N) is 2. The average molecular weight is 690 g/mol. The summed E-state index contributed by atoms with van der Waals surface area (Å²) in [4.78, 5) is 30.2. The van der Waals surface area contributed by atoms with Crippen molar-refractivity contribution in [3.63, 3.8) is 0 Å². The zero-order valence-electron chi connectivity index (χ0n) is 27.7. The fourth-order valence-electron chi connectivity index (χ4n) is 6.67. The molecule has 262 valence electrons. The number of aromatic nitrogens is 1. The highest BCUT2D eigenvalue weighted by molar-refractivity contribution is 5.85. The monoisotopic (exact) mass is 689 g/mol. The molecule has 3 atom stereocenters. The highest BCUT2D eigenvalue weighted by atomic mass is 19.4. The Hall–Kier alpha value is -4.55. The second-order valence-corrected chi connectivity index (χ2v) is 13.3. The van der Waals surface area contributed by atoms with Gasteiger partial charge in [-0.05, 0) is 96.7 Å². The SMILES string of the molecule is COc1ccc(-c2ccc(C(=O)[O-])nc2C)cc1C1=C(CN2C(=O)O[C@H](c3cc(C(F)(F)F)cc(C(F)(F)F)c3)[C@@H]2C)C(C)C(C)(C)CC1. The van der Waals surface area contributed by atoms with E-state index in [1.165, 1.54) is 25.0 Å². The van der Waals surface area contributed by atoms with Crippen LogP contribution in [-0.2, 0) is 17.1 Å². The number of aromatic carboxylic acids is 1. The zero-order valence-corrected chi connectivity index (χ0v) is 27.7. The van der Waals surface area contributed by atoms with E-state index in [9.17, 15) is 41.0 Å². The van der Waals surface area contributed by atoms with Crippen LogP contribution >= 0.6 is 0 Å². The van der Waals surface area contributed by atoms with E-state index in [2.05, 4.69) is 18.8 Å². The predicted octanol–water partition coefficient (Wildman–Crippen LogP) is 8.26. The largest absolute Gasteiger partial charge is 0.543 e. The number of ether oxygens (including phenoxy) is 2. The van der Waals surface area contributed by atoms with Gasteiger partial charge >= 0.3 is 18.4 Å². The van der Waals surface area contributed by atoms with E-state index in [1.807, 2.05) is 19.1 Å². The van der Waals surface area contributed by atoms with Gasteiger partial charge in [0.25, 0.3) is 0 Å². The first-order valence-corrected chi connectivity index (χ1v) is 15.6. The first kappa shape index (κ1) is 35.7. The van der Waals surface area contributed by atoms with Gasteiger partial charge in [0.15, 0.2) is 0 Å². The highest BCUT2D eigenvalue weighted by Crippen LogP contribution is 2.50. The molecule has 1 fully saturated rings. The summed E-state index contributed by atoms with van der Waals surface area (Å²) in [5.41, 5.74) is 0.526. The molecular formula is C36H35F6N2O5-. The van der Waals surface area contributed by atoms with Gasteiger partial charge in [0, 0.05) is 23.4 Å². The van der Waals surface area contributed by atoms with Crippen LogP contribution in [0.25, 0.3) is 16.7 Å². The van der Waals surface area contributed by atoms with Gasteiger partial charge in [-0.2, -0.15) is 26.3 Å². The molecular weight excluding hydrogens is 654 g/mol. The van der Waals surface area contributed by atoms with E-state index < -0.39 is 53.3 Å². The molecule has 1 unspecified atom stereocenters. The molecule has 2 heterocycles. The summed E-state index contributed by atoms with van der Waals surface area (Å²) in [5, 5.41) is 11.3. The number of carboxylic acids is 1. The maximum atomic E-state index is 13.6. The third kappa shape index (κ3) is 6.98. The molecule has 2 aromatic carbocycles. The molecule has 0 spiro atoms. The summed E-state index contributed by atoms with van der Waals surface area (Å²) in [6.07, 6.45) is -11.0. The van der Waals surface area contributed by atoms with Gasteiger partial charge in [-0.3, -0.25) is 9.88 Å². The van der Waals surface area contributed by atoms with Crippen molar-refractivity contribution in [3.8, 4) is 16.9 Å². The van der Waals surface area contributed by atoms with Crippen LogP contribution in [0.3, 0.4) is 0 Å². The Balaban J connectivity index is 1.58. The topological polar surface area (TPSA) is 91.8 Å². The number of cyclic esters (lactones) is 1. The molecule has 0 N–H and O–H groups in total. The molecule has 5 rings (SSSR count). The maximum absolute atomic E-state index is 13.6. The van der Waals surface area contributed by atoms with Gasteiger partial charge < -0.3 is 19.4 Å². The number of halogens is 6. The lowest BCUT2D eigenvalue weighted by atomic mass is 9.65. The minimum absolute atomic E-state index is 0.00972. The average Bonchev–Trinajstić information content (AvgIpc) is 3.30. The Kier molecular flexibility index (Phi) is 9.28. The van der Waals surface area contributed by atoms with Crippen LogP contribution in [0.2, 0.25) is 0 Å². The Morgan fingerprint density at radius 3 is 2.18 bits per heavy atom. The minimum atomic E-state index is -5.05. The second kappa shape index (κ2) is 12.7. The molecule has 1 aromatic heterocycles. The number of carbonyl (C=O) groups is 2. The van der Waals surface area contributed by atoms with E-state index in [4.69, 9.17) is 9.47 Å². The number of alkyl halides is 6. The number of amides is 1. The summed E-state index contributed by atoms with van der Waals surface area (Å²) in [6, 6.07) is 8.81. The molecule has 49 heavy (non-hydrogen) atoms. The fourth-order valence-corrected chi connectivity index (χ4v) is 6.67. The molecule has 1 saturated heterocycles. The molecule has 1 aliphatic heterocycles. The normalized spacial score (nSPS) is 21.2. The summed E-state index contributed by atoms with van der Waals surface area (Å²) >= 11 is 0. The minimum Gasteiger partial charge on any atom is -0.543 e. The standard InChI is InChI=1S/C36H36F6N2O5/c1-18-28(17-44-20(3)31(49-33(44)47)22-13-23(35(37,38)39)16-24(14-22)36(40,41)42)26(11-12-34(18,4)5)27-15-21(7-10-30(27)48-6)25-8-9-29(32(45)46)43-19(25)2/h7-10,13-16,18,20,31H,11-12,17H2,1-6H3,(H,45,46)/p-1/t18?,20-,31-/m0/s1. The summed E-state index contributed by atoms with van der Waals surface area (Å²) < 4.78 is 93.1. The number of carbonyl (C=O) groups excluding carboxylic acids is 2. The number of rotatable bonds is 7. The van der Waals surface area contributed by atoms with Crippen molar-refractivity contribution in [1.82, 2.24) is 9.88 Å². The van der Waals surface area contributed by atoms with Crippen molar-refractivity contribution in [1.29, 1.82) is 0 Å². The summed E-state index contributed by atoms with van der Waals surface area (Å²) in [6.45, 7) is 9.42. The third-order valence-electron chi connectivity index (χ3n) is 9.90. The van der Waals surface area contributed by atoms with E-state index >= 15 is 0 Å². The molecule has 13 heteroatoms. The van der Waals surface area contributed by atoms with Crippen LogP contribution < -0.4 is 9.84 Å². The van der Waals surface area contributed by atoms with Crippen molar-refractivity contribution >= 4 is 17.6 Å². The predicted molar refractivity (Wildman–Crippen MR) is 166 cm³/mol. The molecule has 0 saturated carbocycles. The Morgan fingerprint density at radius 2 is 1.63 bits per heavy atom. The molecule has 1 amide bonds. The number of allylic oxidation sites excluding steroid dienone is 1. The Bertz CT molecular complexity index is 1800. The van der Waals surface area contributed by atoms with E-state index in [0.29, 0.717) is 35.6 Å². The lowest BCUT2D eigenvalue weighted by molar-refractivity contribution is -0.255. The van der Waals surface area contributed by atoms with Crippen molar-refractivity contribution < 1.29 is 50.5 Å². The lowest BCUT2D eigenvalue weighted by Crippen LogP contribution is -2.38. The molecule has 7 nitrogen and oxygen atoms in total. The van der Waals surface area contributed by atoms with Gasteiger partial charge in [-0.25, -0.2) is 4.79 Å². The third-order valence-corrected chi connectivity index (χ3v) is 9.90. The van der Waals surface area contributed by atoms with Crippen molar-refractivity contribution in [2.75, 3.05) is 13.7 Å². The zero-order chi connectivity index (χ0) is 36.2. The van der Waals surface area contributed by atoms with Gasteiger partial charge in [0.05, 0.1) is 35.9 Å². The molecule has 0 radical (unpaired) electrons. The number of methoxy groups -OCH3 is 1. The van der Waals surface area contributed by atoms with Crippen LogP contribution in [0.1, 0.15) is 85.1 Å². The number of carboxylic acid groups (broad SMARTS) is 1. The maximum Gasteiger partial charge on any atom is 0.416 e. The van der Waals surface area contributed by atoms with Gasteiger partial charge in [-0.15, -0.1) is 0 Å². The van der Waals surface area contributed by atoms with Gasteiger partial charge in [0.2, 0.25) is 0 Å². The van der Waals surface area contributed by atoms with Crippen LogP contribution in [0, 0.1) is 18.3 Å². The van der Waals surface area contributed by atoms with Gasteiger partial charge in [-0.1, -0.05) is 32.9 Å². The van der Waals surface area contributed by atoms with Gasteiger partial charge in [0.1, 0.15) is 11.9 Å². The van der Waals surface area contributed by atoms with Crippen LogP contribution in [0.15, 0.2) is 54.1 Å². The Labute approximate surface area is 279 Å². The number of benzene rings is 2. The van der Waals surface area contributed by atoms with Crippen LogP contribution in [0.5, 0.6) is 5.75 Å². The molecule has 0 bridgehead atoms. The fraction of sp³-hybridized carbons (Fsp3) is 0.417. The highest BCUT2D eigenvalue weighted by Gasteiger charge is 2.45. The van der Waals surface area contributed by atoms with E-state index in [1.54, 1.807) is 19.1 Å². The van der Waals surface area contributed by atoms with Crippen molar-refractivity contribution in [3.05, 3.63) is 87.7 Å². The van der Waals surface area contributed by atoms with E-state index in [0.717, 1.165) is 28.7 Å². The number of aryl methyl sites for hydroxylation is 1. The number of hydrogen-bond donors (Lipinski definition) is 0.